The Bertz CT molecular complexity index is 218. The Morgan fingerprint density at radius 2 is 2.10 bits per heavy atom. The first kappa shape index (κ1) is 6.81. The molecule has 0 saturated carbocycles. The van der Waals surface area contributed by atoms with Crippen molar-refractivity contribution in [1.82, 2.24) is 0 Å². The first-order valence-corrected chi connectivity index (χ1v) is 3.03. The molecule has 1 aromatic rings. The Kier molecular flexibility index (Phi) is 2.05. The lowest BCUT2D eigenvalue weighted by Gasteiger charge is -2.05. The van der Waals surface area contributed by atoms with Crippen LogP contribution >= 0.6 is 0 Å². The lowest BCUT2D eigenvalue weighted by Crippen LogP contribution is -2.04. The monoisotopic (exact) mass is 134 g/mol. The maximum Gasteiger partial charge on any atom is 0.219 e. The fourth-order valence-electron chi connectivity index (χ4n) is 0.673. The van der Waals surface area contributed by atoms with Gasteiger partial charge < -0.3 is 5.32 Å². The second-order valence-corrected chi connectivity index (χ2v) is 1.97. The predicted octanol–water partition coefficient (Wildman–Crippen LogP) is 1.45. The Labute approximate surface area is 59.9 Å². The number of amides is 1. The van der Waals surface area contributed by atoms with Gasteiger partial charge in [0, 0.05) is 6.92 Å². The second kappa shape index (κ2) is 3.01. The van der Waals surface area contributed by atoms with E-state index in [-0.39, 0.29) is 5.91 Å². The molecule has 0 spiro atoms. The van der Waals surface area contributed by atoms with Gasteiger partial charge in [-0.3, -0.25) is 4.79 Å². The first-order chi connectivity index (χ1) is 4.79. The quantitative estimate of drug-likeness (QED) is 0.578. The summed E-state index contributed by atoms with van der Waals surface area (Å²) < 4.78 is 0. The van der Waals surface area contributed by atoms with Gasteiger partial charge >= 0.3 is 0 Å². The van der Waals surface area contributed by atoms with Gasteiger partial charge in [-0.15, -0.1) is 12.1 Å². The number of carbonyl (C=O) groups excluding carboxylic acids is 1. The van der Waals surface area contributed by atoms with E-state index >= 15 is 0 Å². The van der Waals surface area contributed by atoms with Gasteiger partial charge in [0.05, 0.1) is 0 Å². The van der Waals surface area contributed by atoms with Crippen molar-refractivity contribution in [3.63, 3.8) is 0 Å². The van der Waals surface area contributed by atoms with E-state index in [2.05, 4.69) is 11.4 Å². The van der Waals surface area contributed by atoms with Crippen LogP contribution in [0.5, 0.6) is 0 Å². The summed E-state index contributed by atoms with van der Waals surface area (Å²) in [6.45, 7) is 1.48. The molecule has 2 nitrogen and oxygen atoms in total. The number of hydrogen-bond donors (Lipinski definition) is 1. The molecule has 0 aliphatic heterocycles. The Hall–Kier alpha value is -1.31. The van der Waals surface area contributed by atoms with E-state index in [9.17, 15) is 4.79 Å². The van der Waals surface area contributed by atoms with Crippen molar-refractivity contribution in [1.29, 1.82) is 0 Å². The zero-order chi connectivity index (χ0) is 7.40. The van der Waals surface area contributed by atoms with E-state index in [1.165, 1.54) is 6.92 Å². The third-order valence-electron chi connectivity index (χ3n) is 1.04. The predicted molar refractivity (Wildman–Crippen MR) is 39.6 cm³/mol. The molecule has 52 valence electrons. The molecular formula is C8H8NO-. The molecule has 1 amide bonds. The van der Waals surface area contributed by atoms with Crippen LogP contribution in [0.1, 0.15) is 6.92 Å². The largest absolute Gasteiger partial charge is 0.349 e. The minimum atomic E-state index is -0.0498. The van der Waals surface area contributed by atoms with E-state index in [1.54, 1.807) is 24.3 Å². The molecule has 2 heteroatoms. The van der Waals surface area contributed by atoms with Crippen LogP contribution in [0.25, 0.3) is 0 Å². The van der Waals surface area contributed by atoms with Crippen LogP contribution in [-0.2, 0) is 4.79 Å². The Morgan fingerprint density at radius 1 is 1.50 bits per heavy atom. The van der Waals surface area contributed by atoms with Crippen molar-refractivity contribution in [3.05, 3.63) is 30.3 Å². The van der Waals surface area contributed by atoms with E-state index in [4.69, 9.17) is 0 Å². The molecule has 0 fully saturated rings. The molecule has 0 atom stereocenters. The van der Waals surface area contributed by atoms with Gasteiger partial charge in [-0.1, -0.05) is 5.69 Å². The van der Waals surface area contributed by atoms with Crippen molar-refractivity contribution < 1.29 is 4.79 Å². The molecule has 0 aromatic heterocycles. The third kappa shape index (κ3) is 1.90. The minimum Gasteiger partial charge on any atom is -0.349 e. The molecule has 0 aliphatic rings. The number of anilines is 1. The molecule has 0 heterocycles. The molecule has 1 aromatic carbocycles. The number of rotatable bonds is 1. The van der Waals surface area contributed by atoms with Crippen LogP contribution in [0.15, 0.2) is 24.3 Å². The van der Waals surface area contributed by atoms with E-state index < -0.39 is 0 Å². The maximum atomic E-state index is 10.5. The number of nitrogens with one attached hydrogen (secondary N) is 1. The van der Waals surface area contributed by atoms with Gasteiger partial charge in [0.2, 0.25) is 5.91 Å². The van der Waals surface area contributed by atoms with Crippen LogP contribution in [0.3, 0.4) is 0 Å². The molecule has 0 bridgehead atoms. The lowest BCUT2D eigenvalue weighted by atomic mass is 10.3. The second-order valence-electron chi connectivity index (χ2n) is 1.97. The zero-order valence-electron chi connectivity index (χ0n) is 5.72. The third-order valence-corrected chi connectivity index (χ3v) is 1.04. The van der Waals surface area contributed by atoms with Gasteiger partial charge in [-0.2, -0.15) is 18.2 Å². The fraction of sp³-hybridized carbons (Fsp3) is 0.125. The fourth-order valence-corrected chi connectivity index (χ4v) is 0.673. The highest BCUT2D eigenvalue weighted by molar-refractivity contribution is 5.88. The van der Waals surface area contributed by atoms with Crippen LogP contribution < -0.4 is 5.32 Å². The summed E-state index contributed by atoms with van der Waals surface area (Å²) in [4.78, 5) is 10.5. The van der Waals surface area contributed by atoms with Crippen LogP contribution in [0.2, 0.25) is 0 Å². The molecule has 0 unspecified atom stereocenters. The van der Waals surface area contributed by atoms with Crippen LogP contribution in [0, 0.1) is 6.07 Å². The molecule has 0 radical (unpaired) electrons. The molecular weight excluding hydrogens is 126 g/mol. The lowest BCUT2D eigenvalue weighted by molar-refractivity contribution is -0.114. The SMILES string of the molecule is CC(=O)Nc1cc[c-]cc1. The van der Waals surface area contributed by atoms with Gasteiger partial charge in [0.1, 0.15) is 0 Å². The maximum absolute atomic E-state index is 10.5. The van der Waals surface area contributed by atoms with E-state index in [0.717, 1.165) is 5.69 Å². The zero-order valence-corrected chi connectivity index (χ0v) is 5.72. The summed E-state index contributed by atoms with van der Waals surface area (Å²) in [5, 5.41) is 2.65. The number of carbonyl (C=O) groups is 1. The number of hydrogen-bond acceptors (Lipinski definition) is 1. The van der Waals surface area contributed by atoms with Gasteiger partial charge in [-0.25, -0.2) is 0 Å². The highest BCUT2D eigenvalue weighted by Gasteiger charge is 1.84. The molecule has 1 N–H and O–H groups in total. The van der Waals surface area contributed by atoms with Crippen molar-refractivity contribution >= 4 is 11.6 Å². The standard InChI is InChI=1S/C8H8NO/c1-7(10)9-8-5-3-2-4-6-8/h3-6H,1H3,(H,9,10)/q-1. The minimum absolute atomic E-state index is 0.0498. The summed E-state index contributed by atoms with van der Waals surface area (Å²) in [7, 11) is 0. The van der Waals surface area contributed by atoms with Gasteiger partial charge in [-0.05, 0) is 0 Å². The van der Waals surface area contributed by atoms with Gasteiger partial charge in [0.15, 0.2) is 0 Å². The van der Waals surface area contributed by atoms with Crippen molar-refractivity contribution in [2.45, 2.75) is 6.92 Å². The summed E-state index contributed by atoms with van der Waals surface area (Å²) in [5.74, 6) is -0.0498. The first-order valence-electron chi connectivity index (χ1n) is 3.03. The molecule has 0 aliphatic carbocycles. The molecule has 0 saturated heterocycles. The summed E-state index contributed by atoms with van der Waals surface area (Å²) in [6, 6.07) is 9.95. The highest BCUT2D eigenvalue weighted by Crippen LogP contribution is 2.03. The topological polar surface area (TPSA) is 29.1 Å². The number of benzene rings is 1. The van der Waals surface area contributed by atoms with Crippen molar-refractivity contribution in [2.75, 3.05) is 5.32 Å². The average Bonchev–Trinajstić information content (AvgIpc) is 1.88. The van der Waals surface area contributed by atoms with Crippen LogP contribution in [0.4, 0.5) is 5.69 Å². The van der Waals surface area contributed by atoms with Crippen molar-refractivity contribution in [2.24, 2.45) is 0 Å². The average molecular weight is 134 g/mol. The van der Waals surface area contributed by atoms with Crippen molar-refractivity contribution in [3.8, 4) is 0 Å². The Balaban J connectivity index is 2.67. The highest BCUT2D eigenvalue weighted by atomic mass is 16.1. The summed E-state index contributed by atoms with van der Waals surface area (Å²) >= 11 is 0. The van der Waals surface area contributed by atoms with Gasteiger partial charge in [0.25, 0.3) is 0 Å². The normalized spacial score (nSPS) is 8.90. The Morgan fingerprint density at radius 3 is 2.60 bits per heavy atom. The summed E-state index contributed by atoms with van der Waals surface area (Å²) in [5.41, 5.74) is 0.811. The van der Waals surface area contributed by atoms with E-state index in [0.29, 0.717) is 0 Å². The van der Waals surface area contributed by atoms with Crippen LogP contribution in [-0.4, -0.2) is 5.91 Å². The molecule has 1 rings (SSSR count). The molecule has 10 heavy (non-hydrogen) atoms. The smallest absolute Gasteiger partial charge is 0.219 e. The summed E-state index contributed by atoms with van der Waals surface area (Å²) in [6.07, 6.45) is 0. The van der Waals surface area contributed by atoms with E-state index in [1.807, 2.05) is 0 Å².